The van der Waals surface area contributed by atoms with Crippen LogP contribution in [-0.4, -0.2) is 56.0 Å². The van der Waals surface area contributed by atoms with Crippen LogP contribution >= 0.6 is 0 Å². The van der Waals surface area contributed by atoms with E-state index in [4.69, 9.17) is 5.26 Å². The number of anilines is 1. The fraction of sp³-hybridized carbons (Fsp3) is 0.520. The van der Waals surface area contributed by atoms with Crippen molar-refractivity contribution in [3.63, 3.8) is 0 Å². The van der Waals surface area contributed by atoms with Crippen molar-refractivity contribution in [3.8, 4) is 11.9 Å². The molecule has 4 heterocycles. The van der Waals surface area contributed by atoms with Crippen LogP contribution in [0.25, 0.3) is 11.0 Å². The highest BCUT2D eigenvalue weighted by molar-refractivity contribution is 5.88. The summed E-state index contributed by atoms with van der Waals surface area (Å²) in [4.78, 5) is 21.6. The van der Waals surface area contributed by atoms with Crippen LogP contribution in [0.1, 0.15) is 45.2 Å². The molecule has 0 amide bonds. The Morgan fingerprint density at radius 1 is 1.22 bits per heavy atom. The number of nitrogens with zero attached hydrogens (tertiary/aromatic N) is 7. The van der Waals surface area contributed by atoms with Crippen molar-refractivity contribution in [1.29, 1.82) is 5.26 Å². The molecule has 0 bridgehead atoms. The van der Waals surface area contributed by atoms with Gasteiger partial charge in [0.15, 0.2) is 0 Å². The minimum atomic E-state index is -2.91. The maximum absolute atomic E-state index is 12.8. The average molecular weight is 500 g/mol. The van der Waals surface area contributed by atoms with E-state index in [1.165, 1.54) is 6.07 Å². The first-order valence-corrected chi connectivity index (χ1v) is 12.1. The van der Waals surface area contributed by atoms with Crippen molar-refractivity contribution in [2.75, 3.05) is 18.0 Å². The summed E-state index contributed by atoms with van der Waals surface area (Å²) < 4.78 is 32.5. The van der Waals surface area contributed by atoms with Gasteiger partial charge in [0.1, 0.15) is 12.1 Å². The molecule has 0 radical (unpaired) electrons. The molecule has 1 aliphatic rings. The van der Waals surface area contributed by atoms with E-state index in [1.54, 1.807) is 40.8 Å². The molecule has 3 aromatic heterocycles. The van der Waals surface area contributed by atoms with Crippen molar-refractivity contribution < 1.29 is 13.5 Å². The number of rotatable bonds is 8. The second kappa shape index (κ2) is 10.6. The minimum absolute atomic E-state index is 0.0118. The molecule has 0 spiro atoms. The topological polar surface area (TPSA) is 92.2 Å². The van der Waals surface area contributed by atoms with Crippen molar-refractivity contribution in [1.82, 2.24) is 24.2 Å². The lowest BCUT2D eigenvalue weighted by molar-refractivity contribution is -0.0528. The van der Waals surface area contributed by atoms with Gasteiger partial charge in [-0.05, 0) is 25.3 Å². The summed E-state index contributed by atoms with van der Waals surface area (Å²) in [5, 5.41) is 13.8. The van der Waals surface area contributed by atoms with Gasteiger partial charge in [-0.15, -0.1) is 0 Å². The van der Waals surface area contributed by atoms with Crippen LogP contribution in [0, 0.1) is 11.3 Å². The van der Waals surface area contributed by atoms with Crippen LogP contribution in [0.5, 0.6) is 5.88 Å². The number of hydrogen-bond donors (Lipinski definition) is 0. The van der Waals surface area contributed by atoms with E-state index in [1.807, 2.05) is 0 Å². The summed E-state index contributed by atoms with van der Waals surface area (Å²) in [5.41, 5.74) is 3.00. The predicted octanol–water partition coefficient (Wildman–Crippen LogP) is 3.70. The van der Waals surface area contributed by atoms with Gasteiger partial charge < -0.3 is 14.2 Å². The highest BCUT2D eigenvalue weighted by Gasteiger charge is 2.36. The van der Waals surface area contributed by atoms with Gasteiger partial charge in [-0.25, -0.2) is 4.98 Å². The van der Waals surface area contributed by atoms with Gasteiger partial charge >= 0.3 is 6.61 Å². The maximum Gasteiger partial charge on any atom is 0.388 e. The second-order valence-electron chi connectivity index (χ2n) is 9.10. The molecular weight excluding hydrogens is 468 g/mol. The molecule has 3 aromatic rings. The normalized spacial score (nSPS) is 19.6. The van der Waals surface area contributed by atoms with Gasteiger partial charge in [0.2, 0.25) is 5.88 Å². The monoisotopic (exact) mass is 499 g/mol. The zero-order valence-corrected chi connectivity index (χ0v) is 20.9. The number of aryl methyl sites for hydroxylation is 1. The third-order valence-electron chi connectivity index (χ3n) is 7.11. The molecule has 0 saturated carbocycles. The standard InChI is InChI=1S/C25H31F2N7O2/c1-5-18-14-34(20-11-23(35)31(4)21-15-32(10-9-28)30-24(20)21)19(6-2)13-33(18)16(3)17-7-8-22(29-12-17)36-25(26)27/h7-8,11-12,15-16,18-19,25H,5-6,10,13-14H2,1-4H3/t16-,18+,19-/m0/s1. The number of aromatic nitrogens is 4. The molecule has 192 valence electrons. The van der Waals surface area contributed by atoms with Gasteiger partial charge in [-0.1, -0.05) is 19.9 Å². The summed E-state index contributed by atoms with van der Waals surface area (Å²) >= 11 is 0. The second-order valence-corrected chi connectivity index (χ2v) is 9.10. The van der Waals surface area contributed by atoms with Crippen molar-refractivity contribution >= 4 is 16.7 Å². The lowest BCUT2D eigenvalue weighted by Crippen LogP contribution is -2.58. The van der Waals surface area contributed by atoms with E-state index >= 15 is 0 Å². The first-order chi connectivity index (χ1) is 17.3. The average Bonchev–Trinajstić information content (AvgIpc) is 3.29. The van der Waals surface area contributed by atoms with Gasteiger partial charge in [0, 0.05) is 56.6 Å². The molecule has 4 rings (SSSR count). The van der Waals surface area contributed by atoms with Crippen LogP contribution in [0.3, 0.4) is 0 Å². The Hall–Kier alpha value is -3.52. The van der Waals surface area contributed by atoms with E-state index < -0.39 is 6.61 Å². The zero-order valence-electron chi connectivity index (χ0n) is 20.9. The smallest absolute Gasteiger partial charge is 0.388 e. The van der Waals surface area contributed by atoms with E-state index in [0.717, 1.165) is 30.6 Å². The molecule has 9 nitrogen and oxygen atoms in total. The van der Waals surface area contributed by atoms with Gasteiger partial charge in [0.25, 0.3) is 5.56 Å². The van der Waals surface area contributed by atoms with Crippen molar-refractivity contribution in [3.05, 3.63) is 46.5 Å². The molecule has 0 aliphatic carbocycles. The van der Waals surface area contributed by atoms with Crippen LogP contribution in [0.15, 0.2) is 35.4 Å². The summed E-state index contributed by atoms with van der Waals surface area (Å²) in [7, 11) is 1.71. The fourth-order valence-electron chi connectivity index (χ4n) is 5.06. The van der Waals surface area contributed by atoms with Gasteiger partial charge in [-0.2, -0.15) is 19.1 Å². The van der Waals surface area contributed by atoms with E-state index in [0.29, 0.717) is 17.6 Å². The molecular formula is C25H31F2N7O2. The molecule has 11 heteroatoms. The lowest BCUT2D eigenvalue weighted by atomic mass is 9.97. The number of hydrogen-bond acceptors (Lipinski definition) is 7. The maximum atomic E-state index is 12.8. The van der Waals surface area contributed by atoms with Crippen molar-refractivity contribution in [2.45, 2.75) is 64.9 Å². The Bertz CT molecular complexity index is 1300. The van der Waals surface area contributed by atoms with Gasteiger partial charge in [-0.3, -0.25) is 14.4 Å². The molecule has 36 heavy (non-hydrogen) atoms. The Morgan fingerprint density at radius 3 is 2.58 bits per heavy atom. The molecule has 1 fully saturated rings. The Morgan fingerprint density at radius 2 is 1.97 bits per heavy atom. The Kier molecular flexibility index (Phi) is 7.54. The first-order valence-electron chi connectivity index (χ1n) is 12.1. The highest BCUT2D eigenvalue weighted by Crippen LogP contribution is 2.34. The zero-order chi connectivity index (χ0) is 26.0. The quantitative estimate of drug-likeness (QED) is 0.467. The molecule has 1 aliphatic heterocycles. The van der Waals surface area contributed by atoms with Gasteiger partial charge in [0.05, 0.1) is 23.5 Å². The minimum Gasteiger partial charge on any atom is -0.417 e. The SMILES string of the molecule is CC[C@H]1CN([C@@H](C)c2ccc(OC(F)F)nc2)[C@H](CC)CN1c1cc(=O)n(C)c2cn(CC#N)nc12. The Labute approximate surface area is 208 Å². The molecule has 0 N–H and O–H groups in total. The van der Waals surface area contributed by atoms with Crippen LogP contribution < -0.4 is 15.2 Å². The highest BCUT2D eigenvalue weighted by atomic mass is 19.3. The summed E-state index contributed by atoms with van der Waals surface area (Å²) in [6.45, 7) is 5.00. The number of piperazine rings is 1. The fourth-order valence-corrected chi connectivity index (χ4v) is 5.06. The van der Waals surface area contributed by atoms with Crippen molar-refractivity contribution in [2.24, 2.45) is 7.05 Å². The third kappa shape index (κ3) is 4.91. The largest absolute Gasteiger partial charge is 0.417 e. The first kappa shape index (κ1) is 25.6. The number of halogens is 2. The molecule has 0 unspecified atom stereocenters. The number of fused-ring (bicyclic) bond motifs is 1. The summed E-state index contributed by atoms with van der Waals surface area (Å²) in [6.07, 6.45) is 5.08. The van der Waals surface area contributed by atoms with Crippen LogP contribution in [-0.2, 0) is 13.6 Å². The number of alkyl halides is 2. The number of nitriles is 1. The van der Waals surface area contributed by atoms with Crippen LogP contribution in [0.4, 0.5) is 14.5 Å². The molecule has 0 aromatic carbocycles. The number of pyridine rings is 2. The summed E-state index contributed by atoms with van der Waals surface area (Å²) in [6, 6.07) is 7.32. The Balaban J connectivity index is 1.65. The third-order valence-corrected chi connectivity index (χ3v) is 7.11. The number of ether oxygens (including phenoxy) is 1. The lowest BCUT2D eigenvalue weighted by Gasteiger charge is -2.49. The van der Waals surface area contributed by atoms with Crippen LogP contribution in [0.2, 0.25) is 0 Å². The molecule has 1 saturated heterocycles. The van der Waals surface area contributed by atoms with E-state index in [2.05, 4.69) is 51.5 Å². The summed E-state index contributed by atoms with van der Waals surface area (Å²) in [5.74, 6) is -0.102. The predicted molar refractivity (Wildman–Crippen MR) is 132 cm³/mol. The van der Waals surface area contributed by atoms with E-state index in [-0.39, 0.29) is 36.1 Å². The van der Waals surface area contributed by atoms with E-state index in [9.17, 15) is 13.6 Å². The molecule has 3 atom stereocenters.